The molecule has 2 heterocycles. The molecular weight excluding hydrogens is 248 g/mol. The first-order valence-electron chi connectivity index (χ1n) is 7.63. The van der Waals surface area contributed by atoms with Gasteiger partial charge in [-0.25, -0.2) is 0 Å². The fourth-order valence-corrected chi connectivity index (χ4v) is 3.22. The van der Waals surface area contributed by atoms with Crippen LogP contribution in [0.5, 0.6) is 0 Å². The van der Waals surface area contributed by atoms with Gasteiger partial charge in [0.15, 0.2) is 0 Å². The van der Waals surface area contributed by atoms with Crippen molar-refractivity contribution in [1.82, 2.24) is 9.88 Å². The second-order valence-corrected chi connectivity index (χ2v) is 5.68. The highest BCUT2D eigenvalue weighted by atomic mass is 16.2. The highest BCUT2D eigenvalue weighted by Gasteiger charge is 2.26. The second-order valence-electron chi connectivity index (χ2n) is 5.68. The third-order valence-corrected chi connectivity index (χ3v) is 4.46. The van der Waals surface area contributed by atoms with Gasteiger partial charge in [0, 0.05) is 36.1 Å². The highest BCUT2D eigenvalue weighted by molar-refractivity contribution is 5.83. The van der Waals surface area contributed by atoms with E-state index in [1.54, 1.807) is 0 Å². The third kappa shape index (κ3) is 2.45. The normalized spacial score (nSPS) is 19.8. The van der Waals surface area contributed by atoms with E-state index in [9.17, 15) is 4.79 Å². The number of hydrogen-bond donors (Lipinski definition) is 1. The van der Waals surface area contributed by atoms with Gasteiger partial charge in [-0.05, 0) is 37.3 Å². The van der Waals surface area contributed by atoms with Crippen molar-refractivity contribution in [1.29, 1.82) is 0 Å². The molecule has 1 aromatic carbocycles. The molecule has 1 fully saturated rings. The Morgan fingerprint density at radius 1 is 1.35 bits per heavy atom. The van der Waals surface area contributed by atoms with Crippen LogP contribution in [-0.4, -0.2) is 28.9 Å². The molecule has 0 radical (unpaired) electrons. The van der Waals surface area contributed by atoms with Crippen LogP contribution in [0.15, 0.2) is 30.5 Å². The van der Waals surface area contributed by atoms with Gasteiger partial charge in [-0.2, -0.15) is 0 Å². The number of carbonyl (C=O) groups excluding carboxylic acids is 1. The maximum atomic E-state index is 12.3. The Morgan fingerprint density at radius 3 is 3.05 bits per heavy atom. The maximum Gasteiger partial charge on any atom is 0.225 e. The summed E-state index contributed by atoms with van der Waals surface area (Å²) in [5.74, 6) is 0.616. The van der Waals surface area contributed by atoms with Gasteiger partial charge >= 0.3 is 0 Å². The van der Waals surface area contributed by atoms with Gasteiger partial charge < -0.3 is 9.88 Å². The number of benzene rings is 1. The molecule has 0 saturated carbocycles. The molecule has 1 atom stereocenters. The topological polar surface area (TPSA) is 36.1 Å². The second kappa shape index (κ2) is 5.70. The Hall–Kier alpha value is -1.77. The van der Waals surface area contributed by atoms with Gasteiger partial charge in [0.05, 0.1) is 0 Å². The quantitative estimate of drug-likeness (QED) is 0.908. The first-order chi connectivity index (χ1) is 9.79. The van der Waals surface area contributed by atoms with Gasteiger partial charge in [0.1, 0.15) is 0 Å². The lowest BCUT2D eigenvalue weighted by Crippen LogP contribution is -2.42. The molecule has 1 aliphatic rings. The molecule has 1 aromatic heterocycles. The average Bonchev–Trinajstić information content (AvgIpc) is 2.89. The van der Waals surface area contributed by atoms with E-state index in [-0.39, 0.29) is 5.92 Å². The molecule has 1 unspecified atom stereocenters. The zero-order chi connectivity index (χ0) is 13.9. The summed E-state index contributed by atoms with van der Waals surface area (Å²) in [5.41, 5.74) is 2.49. The summed E-state index contributed by atoms with van der Waals surface area (Å²) in [7, 11) is 0. The van der Waals surface area contributed by atoms with Crippen LogP contribution in [0.25, 0.3) is 10.9 Å². The van der Waals surface area contributed by atoms with Crippen LogP contribution in [-0.2, 0) is 11.2 Å². The number of amides is 1. The lowest BCUT2D eigenvalue weighted by molar-refractivity contribution is -0.138. The van der Waals surface area contributed by atoms with Crippen LogP contribution in [0.3, 0.4) is 0 Å². The average molecular weight is 270 g/mol. The number of aromatic nitrogens is 1. The lowest BCUT2D eigenvalue weighted by Gasteiger charge is -2.31. The smallest absolute Gasteiger partial charge is 0.225 e. The molecule has 3 heteroatoms. The Labute approximate surface area is 120 Å². The van der Waals surface area contributed by atoms with Crippen molar-refractivity contribution < 1.29 is 4.79 Å². The Bertz CT molecular complexity index is 602. The van der Waals surface area contributed by atoms with Crippen molar-refractivity contribution in [3.63, 3.8) is 0 Å². The summed E-state index contributed by atoms with van der Waals surface area (Å²) in [6.45, 7) is 3.89. The summed E-state index contributed by atoms with van der Waals surface area (Å²) < 4.78 is 0. The highest BCUT2D eigenvalue weighted by Crippen LogP contribution is 2.22. The molecule has 0 spiro atoms. The van der Waals surface area contributed by atoms with E-state index in [1.165, 1.54) is 16.5 Å². The van der Waals surface area contributed by atoms with Crippen LogP contribution in [0.4, 0.5) is 0 Å². The fourth-order valence-electron chi connectivity index (χ4n) is 3.22. The molecule has 1 aliphatic heterocycles. The number of H-pyrrole nitrogens is 1. The van der Waals surface area contributed by atoms with Gasteiger partial charge in [-0.1, -0.05) is 25.1 Å². The van der Waals surface area contributed by atoms with E-state index >= 15 is 0 Å². The minimum Gasteiger partial charge on any atom is -0.361 e. The Balaban J connectivity index is 1.68. The van der Waals surface area contributed by atoms with Gasteiger partial charge in [-0.15, -0.1) is 0 Å². The summed E-state index contributed by atoms with van der Waals surface area (Å²) in [6, 6.07) is 8.35. The zero-order valence-electron chi connectivity index (χ0n) is 12.1. The number of likely N-dealkylation sites (tertiary alicyclic amines) is 1. The number of fused-ring (bicyclic) bond motifs is 1. The summed E-state index contributed by atoms with van der Waals surface area (Å²) >= 11 is 0. The van der Waals surface area contributed by atoms with Crippen LogP contribution in [0, 0.1) is 5.92 Å². The molecule has 2 aromatic rings. The molecule has 1 saturated heterocycles. The number of nitrogens with zero attached hydrogens (tertiary/aromatic N) is 1. The van der Waals surface area contributed by atoms with Crippen molar-refractivity contribution >= 4 is 16.8 Å². The number of piperidine rings is 1. The zero-order valence-corrected chi connectivity index (χ0v) is 12.1. The number of aromatic amines is 1. The molecule has 3 rings (SSSR count). The number of nitrogens with one attached hydrogen (secondary N) is 1. The first-order valence-corrected chi connectivity index (χ1v) is 7.63. The summed E-state index contributed by atoms with van der Waals surface area (Å²) in [6.07, 6.45) is 6.21. The van der Waals surface area contributed by atoms with E-state index in [4.69, 9.17) is 0 Å². The molecular formula is C17H22N2O. The van der Waals surface area contributed by atoms with Crippen LogP contribution in [0.1, 0.15) is 31.7 Å². The predicted octanol–water partition coefficient (Wildman–Crippen LogP) is 3.36. The maximum absolute atomic E-state index is 12.3. The SMILES string of the molecule is CCC1CCCN(CCc2c[nH]c3ccccc23)C1=O. The van der Waals surface area contributed by atoms with Crippen molar-refractivity contribution in [3.05, 3.63) is 36.0 Å². The third-order valence-electron chi connectivity index (χ3n) is 4.46. The van der Waals surface area contributed by atoms with E-state index in [0.29, 0.717) is 5.91 Å². The lowest BCUT2D eigenvalue weighted by atomic mass is 9.94. The standard InChI is InChI=1S/C17H22N2O/c1-2-13-6-5-10-19(17(13)20)11-9-14-12-18-16-8-4-3-7-15(14)16/h3-4,7-8,12-13,18H,2,5-6,9-11H2,1H3. The van der Waals surface area contributed by atoms with Crippen LogP contribution >= 0.6 is 0 Å². The van der Waals surface area contributed by atoms with Gasteiger partial charge in [-0.3, -0.25) is 4.79 Å². The molecule has 106 valence electrons. The number of rotatable bonds is 4. The van der Waals surface area contributed by atoms with Crippen LogP contribution < -0.4 is 0 Å². The number of para-hydroxylation sites is 1. The summed E-state index contributed by atoms with van der Waals surface area (Å²) in [4.78, 5) is 17.7. The Morgan fingerprint density at radius 2 is 2.20 bits per heavy atom. The van der Waals surface area contributed by atoms with Crippen molar-refractivity contribution in [2.24, 2.45) is 5.92 Å². The molecule has 0 aliphatic carbocycles. The van der Waals surface area contributed by atoms with E-state index in [1.807, 2.05) is 6.07 Å². The minimum absolute atomic E-state index is 0.256. The first kappa shape index (κ1) is 13.2. The van der Waals surface area contributed by atoms with Gasteiger partial charge in [0.2, 0.25) is 5.91 Å². The summed E-state index contributed by atoms with van der Waals surface area (Å²) in [5, 5.41) is 1.28. The molecule has 1 N–H and O–H groups in total. The van der Waals surface area contributed by atoms with Gasteiger partial charge in [0.25, 0.3) is 0 Å². The van der Waals surface area contributed by atoms with Crippen LogP contribution in [0.2, 0.25) is 0 Å². The largest absolute Gasteiger partial charge is 0.361 e. The molecule has 0 bridgehead atoms. The fraction of sp³-hybridized carbons (Fsp3) is 0.471. The van der Waals surface area contributed by atoms with E-state index in [0.717, 1.165) is 38.8 Å². The van der Waals surface area contributed by atoms with Crippen molar-refractivity contribution in [3.8, 4) is 0 Å². The molecule has 1 amide bonds. The van der Waals surface area contributed by atoms with E-state index in [2.05, 4.69) is 41.2 Å². The molecule has 20 heavy (non-hydrogen) atoms. The number of carbonyl (C=O) groups is 1. The van der Waals surface area contributed by atoms with E-state index < -0.39 is 0 Å². The number of hydrogen-bond acceptors (Lipinski definition) is 1. The minimum atomic E-state index is 0.256. The monoisotopic (exact) mass is 270 g/mol. The van der Waals surface area contributed by atoms with Crippen molar-refractivity contribution in [2.75, 3.05) is 13.1 Å². The Kier molecular flexibility index (Phi) is 3.77. The molecule has 3 nitrogen and oxygen atoms in total. The van der Waals surface area contributed by atoms with Crippen molar-refractivity contribution in [2.45, 2.75) is 32.6 Å². The predicted molar refractivity (Wildman–Crippen MR) is 81.6 cm³/mol.